The standard InChI is InChI=1S/C6H14N6/c1-2-3-4-5-6-12-10-8-7-9-11-12/h2-6H2,1H3,(H,7,10,11). The molecule has 0 atom stereocenters. The summed E-state index contributed by atoms with van der Waals surface area (Å²) < 4.78 is 0. The first-order chi connectivity index (χ1) is 5.93. The van der Waals surface area contributed by atoms with E-state index in [2.05, 4.69) is 33.4 Å². The Labute approximate surface area is 71.6 Å². The van der Waals surface area contributed by atoms with Crippen LogP contribution < -0.4 is 5.53 Å². The highest BCUT2D eigenvalue weighted by Gasteiger charge is 2.00. The smallest absolute Gasteiger partial charge is 0.0619 e. The van der Waals surface area contributed by atoms with Gasteiger partial charge in [-0.15, -0.1) is 0 Å². The molecule has 0 fully saturated rings. The molecule has 68 valence electrons. The van der Waals surface area contributed by atoms with Crippen LogP contribution >= 0.6 is 0 Å². The van der Waals surface area contributed by atoms with Gasteiger partial charge in [-0.05, 0) is 27.3 Å². The quantitative estimate of drug-likeness (QED) is 0.641. The predicted octanol–water partition coefficient (Wildman–Crippen LogP) is 2.04. The van der Waals surface area contributed by atoms with Gasteiger partial charge in [0.25, 0.3) is 0 Å². The lowest BCUT2D eigenvalue weighted by molar-refractivity contribution is 0.153. The van der Waals surface area contributed by atoms with Gasteiger partial charge in [0.15, 0.2) is 0 Å². The fourth-order valence-electron chi connectivity index (χ4n) is 0.961. The van der Waals surface area contributed by atoms with Gasteiger partial charge in [-0.1, -0.05) is 26.2 Å². The van der Waals surface area contributed by atoms with Gasteiger partial charge in [0.1, 0.15) is 0 Å². The van der Waals surface area contributed by atoms with Crippen molar-refractivity contribution in [1.29, 1.82) is 0 Å². The molecule has 6 nitrogen and oxygen atoms in total. The molecule has 0 amide bonds. The molecule has 1 heterocycles. The first-order valence-corrected chi connectivity index (χ1v) is 4.27. The molecule has 0 bridgehead atoms. The van der Waals surface area contributed by atoms with Gasteiger partial charge in [-0.25, -0.2) is 0 Å². The summed E-state index contributed by atoms with van der Waals surface area (Å²) in [5.41, 5.74) is 2.63. The highest BCUT2D eigenvalue weighted by atomic mass is 15.9. The van der Waals surface area contributed by atoms with Crippen molar-refractivity contribution >= 4 is 0 Å². The second-order valence-corrected chi connectivity index (χ2v) is 2.65. The first kappa shape index (κ1) is 8.89. The summed E-state index contributed by atoms with van der Waals surface area (Å²) in [6.07, 6.45) is 4.85. The number of hydrazine groups is 1. The molecular formula is C6H14N6. The van der Waals surface area contributed by atoms with Crippen molar-refractivity contribution in [3.63, 3.8) is 0 Å². The summed E-state index contributed by atoms with van der Waals surface area (Å²) in [4.78, 5) is 0. The molecule has 0 unspecified atom stereocenters. The molecule has 0 aromatic heterocycles. The average molecular weight is 170 g/mol. The number of nitrogens with one attached hydrogen (secondary N) is 1. The minimum atomic E-state index is 0.836. The van der Waals surface area contributed by atoms with Crippen molar-refractivity contribution in [1.82, 2.24) is 10.7 Å². The number of unbranched alkanes of at least 4 members (excludes halogenated alkanes) is 3. The molecule has 1 N–H and O–H groups in total. The Morgan fingerprint density at radius 1 is 1.17 bits per heavy atom. The maximum absolute atomic E-state index is 3.71. The lowest BCUT2D eigenvalue weighted by atomic mass is 10.2. The van der Waals surface area contributed by atoms with E-state index in [-0.39, 0.29) is 0 Å². The monoisotopic (exact) mass is 170 g/mol. The van der Waals surface area contributed by atoms with Crippen molar-refractivity contribution in [2.75, 3.05) is 6.54 Å². The van der Waals surface area contributed by atoms with Crippen molar-refractivity contribution in [2.45, 2.75) is 32.6 Å². The first-order valence-electron chi connectivity index (χ1n) is 4.27. The van der Waals surface area contributed by atoms with Crippen LogP contribution in [0.2, 0.25) is 0 Å². The molecular weight excluding hydrogens is 156 g/mol. The van der Waals surface area contributed by atoms with Crippen LogP contribution in [0.15, 0.2) is 20.9 Å². The van der Waals surface area contributed by atoms with E-state index in [1.807, 2.05) is 0 Å². The average Bonchev–Trinajstić information content (AvgIpc) is 2.14. The van der Waals surface area contributed by atoms with E-state index >= 15 is 0 Å². The Hall–Kier alpha value is -1.20. The zero-order valence-electron chi connectivity index (χ0n) is 7.27. The molecule has 0 spiro atoms. The van der Waals surface area contributed by atoms with Crippen molar-refractivity contribution < 1.29 is 0 Å². The summed E-state index contributed by atoms with van der Waals surface area (Å²) >= 11 is 0. The minimum absolute atomic E-state index is 0.836. The van der Waals surface area contributed by atoms with E-state index in [9.17, 15) is 0 Å². The Morgan fingerprint density at radius 2 is 2.08 bits per heavy atom. The van der Waals surface area contributed by atoms with Crippen LogP contribution in [0.5, 0.6) is 0 Å². The number of hydrogen-bond acceptors (Lipinski definition) is 6. The van der Waals surface area contributed by atoms with E-state index in [4.69, 9.17) is 0 Å². The maximum Gasteiger partial charge on any atom is 0.0619 e. The van der Waals surface area contributed by atoms with Crippen LogP contribution in [0.1, 0.15) is 32.6 Å². The SMILES string of the molecule is CCCCCCN1N=NN=NN1. The normalized spacial score (nSPS) is 14.9. The summed E-state index contributed by atoms with van der Waals surface area (Å²) in [6.45, 7) is 3.02. The third-order valence-electron chi connectivity index (χ3n) is 1.62. The molecule has 1 aliphatic rings. The summed E-state index contributed by atoms with van der Waals surface area (Å²) in [7, 11) is 0. The fourth-order valence-corrected chi connectivity index (χ4v) is 0.961. The van der Waals surface area contributed by atoms with Gasteiger partial charge in [0.05, 0.1) is 6.54 Å². The fraction of sp³-hybridized carbons (Fsp3) is 1.00. The molecule has 0 saturated carbocycles. The van der Waals surface area contributed by atoms with Gasteiger partial charge in [0.2, 0.25) is 0 Å². The second-order valence-electron chi connectivity index (χ2n) is 2.65. The lowest BCUT2D eigenvalue weighted by Crippen LogP contribution is -2.30. The number of rotatable bonds is 5. The molecule has 12 heavy (non-hydrogen) atoms. The van der Waals surface area contributed by atoms with Gasteiger partial charge >= 0.3 is 0 Å². The Morgan fingerprint density at radius 3 is 2.75 bits per heavy atom. The van der Waals surface area contributed by atoms with Crippen molar-refractivity contribution in [2.24, 2.45) is 20.9 Å². The predicted molar refractivity (Wildman–Crippen MR) is 43.7 cm³/mol. The molecule has 0 saturated heterocycles. The molecule has 1 rings (SSSR count). The summed E-state index contributed by atoms with van der Waals surface area (Å²) in [6, 6.07) is 0. The van der Waals surface area contributed by atoms with E-state index in [0.29, 0.717) is 0 Å². The Kier molecular flexibility index (Phi) is 4.04. The van der Waals surface area contributed by atoms with Gasteiger partial charge in [0, 0.05) is 0 Å². The minimum Gasteiger partial charge on any atom is -0.180 e. The number of nitrogens with zero attached hydrogens (tertiary/aromatic N) is 5. The molecule has 6 heteroatoms. The second kappa shape index (κ2) is 5.45. The molecule has 0 aliphatic carbocycles. The summed E-state index contributed by atoms with van der Waals surface area (Å²) in [5, 5.41) is 15.5. The highest BCUT2D eigenvalue weighted by molar-refractivity contribution is 4.45. The van der Waals surface area contributed by atoms with Crippen LogP contribution in [0.3, 0.4) is 0 Å². The third-order valence-corrected chi connectivity index (χ3v) is 1.62. The van der Waals surface area contributed by atoms with Crippen LogP contribution in [-0.4, -0.2) is 11.7 Å². The maximum atomic E-state index is 3.71. The van der Waals surface area contributed by atoms with E-state index in [1.54, 1.807) is 5.12 Å². The van der Waals surface area contributed by atoms with Crippen LogP contribution in [0, 0.1) is 0 Å². The van der Waals surface area contributed by atoms with E-state index in [0.717, 1.165) is 13.0 Å². The van der Waals surface area contributed by atoms with Crippen LogP contribution in [-0.2, 0) is 0 Å². The van der Waals surface area contributed by atoms with Crippen LogP contribution in [0.4, 0.5) is 0 Å². The molecule has 0 aromatic rings. The highest BCUT2D eigenvalue weighted by Crippen LogP contribution is 2.02. The van der Waals surface area contributed by atoms with Gasteiger partial charge in [-0.2, -0.15) is 10.7 Å². The zero-order chi connectivity index (χ0) is 8.65. The van der Waals surface area contributed by atoms with E-state index < -0.39 is 0 Å². The van der Waals surface area contributed by atoms with Gasteiger partial charge < -0.3 is 0 Å². The third kappa shape index (κ3) is 3.27. The van der Waals surface area contributed by atoms with E-state index in [1.165, 1.54) is 19.3 Å². The lowest BCUT2D eigenvalue weighted by Gasteiger charge is -2.15. The number of hydrogen-bond donors (Lipinski definition) is 1. The van der Waals surface area contributed by atoms with Gasteiger partial charge in [-0.3, -0.25) is 0 Å². The molecule has 1 aliphatic heterocycles. The Bertz CT molecular complexity index is 165. The van der Waals surface area contributed by atoms with Crippen LogP contribution in [0.25, 0.3) is 0 Å². The molecule has 0 radical (unpaired) electrons. The molecule has 0 aromatic carbocycles. The Balaban J connectivity index is 2.00. The van der Waals surface area contributed by atoms with Crippen molar-refractivity contribution in [3.8, 4) is 0 Å². The zero-order valence-corrected chi connectivity index (χ0v) is 7.27. The summed E-state index contributed by atoms with van der Waals surface area (Å²) in [5.74, 6) is 0. The largest absolute Gasteiger partial charge is 0.180 e. The van der Waals surface area contributed by atoms with Crippen molar-refractivity contribution in [3.05, 3.63) is 0 Å². The topological polar surface area (TPSA) is 64.7 Å².